The van der Waals surface area contributed by atoms with Crippen molar-refractivity contribution in [3.05, 3.63) is 77.9 Å². The molecule has 3 aromatic rings. The zero-order valence-electron chi connectivity index (χ0n) is 16.0. The van der Waals surface area contributed by atoms with Gasteiger partial charge < -0.3 is 10.2 Å². The van der Waals surface area contributed by atoms with E-state index >= 15 is 0 Å². The Morgan fingerprint density at radius 3 is 2.52 bits per heavy atom. The molecule has 0 radical (unpaired) electrons. The summed E-state index contributed by atoms with van der Waals surface area (Å²) in [7, 11) is 0. The fraction of sp³-hybridized carbons (Fsp3) is 0.227. The van der Waals surface area contributed by atoms with Gasteiger partial charge in [0.25, 0.3) is 5.91 Å². The summed E-state index contributed by atoms with van der Waals surface area (Å²) in [5, 5.41) is 6.90. The third-order valence-electron chi connectivity index (χ3n) is 5.10. The molecule has 1 aliphatic heterocycles. The maximum atomic E-state index is 13.1. The third-order valence-corrected chi connectivity index (χ3v) is 5.10. The molecule has 1 unspecified atom stereocenters. The zero-order chi connectivity index (χ0) is 20.4. The molecule has 0 aliphatic carbocycles. The second-order valence-electron chi connectivity index (χ2n) is 7.19. The van der Waals surface area contributed by atoms with Gasteiger partial charge in [-0.15, -0.1) is 0 Å². The molecule has 2 aromatic carbocycles. The van der Waals surface area contributed by atoms with Crippen LogP contribution in [0, 0.1) is 5.82 Å². The van der Waals surface area contributed by atoms with Crippen LogP contribution in [0.2, 0.25) is 0 Å². The Hall–Kier alpha value is -3.48. The van der Waals surface area contributed by atoms with Crippen LogP contribution in [-0.2, 0) is 4.79 Å². The number of halogens is 1. The summed E-state index contributed by atoms with van der Waals surface area (Å²) < 4.78 is 14.8. The number of aromatic nitrogens is 2. The van der Waals surface area contributed by atoms with Crippen LogP contribution in [0.15, 0.2) is 60.9 Å². The quantitative estimate of drug-likeness (QED) is 0.738. The van der Waals surface area contributed by atoms with Crippen molar-refractivity contribution >= 4 is 17.5 Å². The summed E-state index contributed by atoms with van der Waals surface area (Å²) in [6.07, 6.45) is 4.15. The Bertz CT molecular complexity index is 1030. The van der Waals surface area contributed by atoms with E-state index in [-0.39, 0.29) is 23.5 Å². The smallest absolute Gasteiger partial charge is 0.253 e. The third kappa shape index (κ3) is 4.18. The van der Waals surface area contributed by atoms with Gasteiger partial charge in [-0.25, -0.2) is 9.07 Å². The average molecular weight is 392 g/mol. The Morgan fingerprint density at radius 1 is 1.10 bits per heavy atom. The number of amides is 2. The van der Waals surface area contributed by atoms with Crippen LogP contribution in [-0.4, -0.2) is 39.6 Å². The summed E-state index contributed by atoms with van der Waals surface area (Å²) in [6, 6.07) is 13.7. The van der Waals surface area contributed by atoms with Crippen molar-refractivity contribution in [1.29, 1.82) is 0 Å². The molecule has 1 aliphatic rings. The first-order valence-electron chi connectivity index (χ1n) is 9.47. The second-order valence-corrected chi connectivity index (χ2v) is 7.19. The molecule has 0 saturated carbocycles. The van der Waals surface area contributed by atoms with E-state index in [1.807, 2.05) is 17.0 Å². The Kier molecular flexibility index (Phi) is 5.12. The fourth-order valence-electron chi connectivity index (χ4n) is 3.62. The van der Waals surface area contributed by atoms with Crippen molar-refractivity contribution in [2.45, 2.75) is 19.3 Å². The standard InChI is InChI=1S/C22H21FN4O2/c1-15(28)25-20-12-24-27(14-20)21-8-4-17(5-9-21)22(29)26-11-10-18(13-26)16-2-6-19(23)7-3-16/h2-9,12,14,18H,10-11,13H2,1H3,(H,25,28). The molecule has 2 amide bonds. The number of hydrogen-bond donors (Lipinski definition) is 1. The van der Waals surface area contributed by atoms with Crippen LogP contribution in [0.25, 0.3) is 5.69 Å². The molecule has 1 fully saturated rings. The van der Waals surface area contributed by atoms with E-state index in [0.29, 0.717) is 24.3 Å². The Morgan fingerprint density at radius 2 is 1.83 bits per heavy atom. The summed E-state index contributed by atoms with van der Waals surface area (Å²) in [5.41, 5.74) is 3.08. The molecule has 1 aromatic heterocycles. The summed E-state index contributed by atoms with van der Waals surface area (Å²) in [6.45, 7) is 2.75. The number of hydrogen-bond acceptors (Lipinski definition) is 3. The molecule has 1 atom stereocenters. The van der Waals surface area contributed by atoms with Crippen LogP contribution >= 0.6 is 0 Å². The normalized spacial score (nSPS) is 16.1. The maximum Gasteiger partial charge on any atom is 0.253 e. The van der Waals surface area contributed by atoms with Gasteiger partial charge >= 0.3 is 0 Å². The minimum atomic E-state index is -0.249. The first kappa shape index (κ1) is 18.9. The molecule has 29 heavy (non-hydrogen) atoms. The summed E-state index contributed by atoms with van der Waals surface area (Å²) in [4.78, 5) is 25.8. The molecule has 0 bridgehead atoms. The Balaban J connectivity index is 1.42. The highest BCUT2D eigenvalue weighted by Crippen LogP contribution is 2.28. The van der Waals surface area contributed by atoms with Gasteiger partial charge in [-0.1, -0.05) is 12.1 Å². The molecule has 148 valence electrons. The topological polar surface area (TPSA) is 67.2 Å². The van der Waals surface area contributed by atoms with E-state index in [2.05, 4.69) is 10.4 Å². The lowest BCUT2D eigenvalue weighted by Crippen LogP contribution is -2.28. The molecule has 7 heteroatoms. The van der Waals surface area contributed by atoms with Crippen molar-refractivity contribution < 1.29 is 14.0 Å². The van der Waals surface area contributed by atoms with Crippen molar-refractivity contribution in [3.63, 3.8) is 0 Å². The largest absolute Gasteiger partial charge is 0.338 e. The van der Waals surface area contributed by atoms with E-state index < -0.39 is 0 Å². The number of likely N-dealkylation sites (tertiary alicyclic amines) is 1. The lowest BCUT2D eigenvalue weighted by atomic mass is 9.98. The minimum Gasteiger partial charge on any atom is -0.338 e. The van der Waals surface area contributed by atoms with Gasteiger partial charge in [-0.3, -0.25) is 9.59 Å². The molecular weight excluding hydrogens is 371 g/mol. The van der Waals surface area contributed by atoms with Crippen LogP contribution in [0.3, 0.4) is 0 Å². The molecule has 0 spiro atoms. The monoisotopic (exact) mass is 392 g/mol. The van der Waals surface area contributed by atoms with Gasteiger partial charge in [-0.05, 0) is 48.4 Å². The first-order chi connectivity index (χ1) is 14.0. The van der Waals surface area contributed by atoms with Gasteiger partial charge in [0.2, 0.25) is 5.91 Å². The number of anilines is 1. The predicted octanol–water partition coefficient (Wildman–Crippen LogP) is 3.60. The van der Waals surface area contributed by atoms with E-state index in [0.717, 1.165) is 17.7 Å². The molecule has 1 saturated heterocycles. The van der Waals surface area contributed by atoms with Crippen LogP contribution in [0.5, 0.6) is 0 Å². The summed E-state index contributed by atoms with van der Waals surface area (Å²) in [5.74, 6) is -0.188. The SMILES string of the molecule is CC(=O)Nc1cnn(-c2ccc(C(=O)N3CCC(c4ccc(F)cc4)C3)cc2)c1. The number of carbonyl (C=O) groups excluding carboxylic acids is 2. The van der Waals surface area contributed by atoms with Gasteiger partial charge in [0.15, 0.2) is 0 Å². The number of carbonyl (C=O) groups is 2. The van der Waals surface area contributed by atoms with Crippen LogP contribution in [0.1, 0.15) is 35.2 Å². The molecular formula is C22H21FN4O2. The van der Waals surface area contributed by atoms with Crippen molar-refractivity contribution in [3.8, 4) is 5.69 Å². The summed E-state index contributed by atoms with van der Waals surface area (Å²) >= 11 is 0. The fourth-order valence-corrected chi connectivity index (χ4v) is 3.62. The maximum absolute atomic E-state index is 13.1. The Labute approximate surface area is 167 Å². The number of nitrogens with one attached hydrogen (secondary N) is 1. The average Bonchev–Trinajstić information content (AvgIpc) is 3.38. The lowest BCUT2D eigenvalue weighted by Gasteiger charge is -2.17. The van der Waals surface area contributed by atoms with E-state index in [4.69, 9.17) is 0 Å². The van der Waals surface area contributed by atoms with Crippen LogP contribution in [0.4, 0.5) is 10.1 Å². The minimum absolute atomic E-state index is 0.0134. The van der Waals surface area contributed by atoms with Crippen LogP contribution < -0.4 is 5.32 Å². The number of nitrogens with zero attached hydrogens (tertiary/aromatic N) is 3. The molecule has 6 nitrogen and oxygen atoms in total. The van der Waals surface area contributed by atoms with E-state index in [1.54, 1.807) is 41.3 Å². The van der Waals surface area contributed by atoms with Gasteiger partial charge in [0.05, 0.1) is 23.8 Å². The highest BCUT2D eigenvalue weighted by molar-refractivity contribution is 5.94. The zero-order valence-corrected chi connectivity index (χ0v) is 16.0. The van der Waals surface area contributed by atoms with E-state index in [1.165, 1.54) is 19.1 Å². The van der Waals surface area contributed by atoms with Crippen molar-refractivity contribution in [1.82, 2.24) is 14.7 Å². The predicted molar refractivity (Wildman–Crippen MR) is 108 cm³/mol. The number of benzene rings is 2. The highest BCUT2D eigenvalue weighted by Gasteiger charge is 2.28. The van der Waals surface area contributed by atoms with Gasteiger partial charge in [-0.2, -0.15) is 5.10 Å². The number of rotatable bonds is 4. The van der Waals surface area contributed by atoms with E-state index in [9.17, 15) is 14.0 Å². The first-order valence-corrected chi connectivity index (χ1v) is 9.47. The second kappa shape index (κ2) is 7.87. The molecule has 2 heterocycles. The molecule has 4 rings (SSSR count). The van der Waals surface area contributed by atoms with Gasteiger partial charge in [0, 0.05) is 31.5 Å². The lowest BCUT2D eigenvalue weighted by molar-refractivity contribution is -0.114. The van der Waals surface area contributed by atoms with Crippen molar-refractivity contribution in [2.24, 2.45) is 0 Å². The van der Waals surface area contributed by atoms with Gasteiger partial charge in [0.1, 0.15) is 5.82 Å². The highest BCUT2D eigenvalue weighted by atomic mass is 19.1. The van der Waals surface area contributed by atoms with Crippen molar-refractivity contribution in [2.75, 3.05) is 18.4 Å². The molecule has 1 N–H and O–H groups in total.